The number of anilines is 1. The molecule has 0 aromatic heterocycles. The van der Waals surface area contributed by atoms with E-state index < -0.39 is 16.1 Å². The normalized spacial score (nSPS) is 12.4. The molecule has 0 saturated carbocycles. The van der Waals surface area contributed by atoms with Crippen LogP contribution in [0.3, 0.4) is 0 Å². The molecule has 2 N–H and O–H groups in total. The highest BCUT2D eigenvalue weighted by molar-refractivity contribution is 7.89. The molecular weight excluding hydrogens is 420 g/mol. The highest BCUT2D eigenvalue weighted by Gasteiger charge is 2.24. The molecule has 0 aliphatic carbocycles. The Hall–Kier alpha value is -2.67. The van der Waals surface area contributed by atoms with Crippen LogP contribution >= 0.6 is 11.6 Å². The molecule has 1 atom stereocenters. The Bertz CT molecular complexity index is 1130. The second-order valence-electron chi connectivity index (χ2n) is 7.11. The maximum atomic E-state index is 12.9. The van der Waals surface area contributed by atoms with Crippen molar-refractivity contribution in [2.45, 2.75) is 31.2 Å². The summed E-state index contributed by atoms with van der Waals surface area (Å²) in [5.41, 5.74) is 3.13. The Morgan fingerprint density at radius 1 is 0.967 bits per heavy atom. The van der Waals surface area contributed by atoms with Crippen LogP contribution < -0.4 is 10.0 Å². The first kappa shape index (κ1) is 22.0. The Morgan fingerprint density at radius 3 is 2.27 bits per heavy atom. The van der Waals surface area contributed by atoms with Crippen molar-refractivity contribution in [3.63, 3.8) is 0 Å². The van der Waals surface area contributed by atoms with Crippen LogP contribution in [-0.4, -0.2) is 14.3 Å². The Morgan fingerprint density at radius 2 is 1.63 bits per heavy atom. The minimum Gasteiger partial charge on any atom is -0.326 e. The predicted molar refractivity (Wildman–Crippen MR) is 120 cm³/mol. The van der Waals surface area contributed by atoms with Gasteiger partial charge in [-0.2, -0.15) is 0 Å². The summed E-state index contributed by atoms with van der Waals surface area (Å²) in [5.74, 6) is -0.305. The van der Waals surface area contributed by atoms with Crippen LogP contribution in [0.5, 0.6) is 0 Å². The highest BCUT2D eigenvalue weighted by Crippen LogP contribution is 2.23. The Labute approximate surface area is 182 Å². The molecule has 0 heterocycles. The second kappa shape index (κ2) is 9.43. The first-order chi connectivity index (χ1) is 14.2. The highest BCUT2D eigenvalue weighted by atomic mass is 35.5. The molecule has 5 nitrogen and oxygen atoms in total. The van der Waals surface area contributed by atoms with E-state index in [4.69, 9.17) is 11.6 Å². The largest absolute Gasteiger partial charge is 0.326 e. The summed E-state index contributed by atoms with van der Waals surface area (Å²) < 4.78 is 28.5. The van der Waals surface area contributed by atoms with Crippen LogP contribution in [0.4, 0.5) is 5.69 Å². The van der Waals surface area contributed by atoms with E-state index in [0.717, 1.165) is 11.1 Å². The van der Waals surface area contributed by atoms with Gasteiger partial charge in [0.25, 0.3) is 0 Å². The number of aryl methyl sites for hydroxylation is 2. The maximum absolute atomic E-state index is 12.9. The van der Waals surface area contributed by atoms with Crippen molar-refractivity contribution in [2.75, 3.05) is 5.32 Å². The molecule has 0 unspecified atom stereocenters. The van der Waals surface area contributed by atoms with Crippen LogP contribution in [0, 0.1) is 13.8 Å². The van der Waals surface area contributed by atoms with Crippen molar-refractivity contribution >= 4 is 33.2 Å². The molecule has 0 saturated heterocycles. The van der Waals surface area contributed by atoms with Gasteiger partial charge in [0.05, 0.1) is 10.9 Å². The molecule has 1 amide bonds. The molecule has 0 aliphatic rings. The van der Waals surface area contributed by atoms with Gasteiger partial charge in [-0.05, 0) is 55.3 Å². The molecule has 0 fully saturated rings. The molecule has 0 bridgehead atoms. The summed E-state index contributed by atoms with van der Waals surface area (Å²) >= 11 is 5.97. The van der Waals surface area contributed by atoms with E-state index in [1.54, 1.807) is 54.6 Å². The van der Waals surface area contributed by atoms with Crippen molar-refractivity contribution in [1.82, 2.24) is 4.72 Å². The zero-order valence-electron chi connectivity index (χ0n) is 16.7. The lowest BCUT2D eigenvalue weighted by Gasteiger charge is -2.19. The molecule has 3 aromatic carbocycles. The Balaban J connectivity index is 1.82. The van der Waals surface area contributed by atoms with Gasteiger partial charge < -0.3 is 5.32 Å². The summed E-state index contributed by atoms with van der Waals surface area (Å²) in [4.78, 5) is 12.9. The average Bonchev–Trinajstić information content (AvgIpc) is 2.70. The second-order valence-corrected chi connectivity index (χ2v) is 9.26. The summed E-state index contributed by atoms with van der Waals surface area (Å²) in [6.07, 6.45) is -0.0584. The van der Waals surface area contributed by atoms with Gasteiger partial charge >= 0.3 is 0 Å². The quantitative estimate of drug-likeness (QED) is 0.540. The molecule has 3 rings (SSSR count). The van der Waals surface area contributed by atoms with E-state index in [0.29, 0.717) is 16.3 Å². The lowest BCUT2D eigenvalue weighted by atomic mass is 10.0. The van der Waals surface area contributed by atoms with Gasteiger partial charge in [0.15, 0.2) is 0 Å². The number of hydrogen-bond acceptors (Lipinski definition) is 3. The van der Waals surface area contributed by atoms with Crippen LogP contribution in [0.2, 0.25) is 5.02 Å². The number of carbonyl (C=O) groups excluding carboxylic acids is 1. The molecule has 0 spiro atoms. The number of carbonyl (C=O) groups is 1. The van der Waals surface area contributed by atoms with Crippen molar-refractivity contribution in [2.24, 2.45) is 0 Å². The van der Waals surface area contributed by atoms with Crippen molar-refractivity contribution in [3.05, 3.63) is 94.5 Å². The zero-order valence-corrected chi connectivity index (χ0v) is 18.3. The van der Waals surface area contributed by atoms with Crippen molar-refractivity contribution in [3.8, 4) is 0 Å². The molecule has 156 valence electrons. The topological polar surface area (TPSA) is 75.3 Å². The van der Waals surface area contributed by atoms with Gasteiger partial charge in [-0.3, -0.25) is 4.79 Å². The predicted octanol–water partition coefficient (Wildman–Crippen LogP) is 5.01. The van der Waals surface area contributed by atoms with E-state index in [9.17, 15) is 13.2 Å². The zero-order chi connectivity index (χ0) is 21.7. The smallest absolute Gasteiger partial charge is 0.241 e. The van der Waals surface area contributed by atoms with Crippen LogP contribution in [0.15, 0.2) is 77.7 Å². The van der Waals surface area contributed by atoms with Gasteiger partial charge in [-0.25, -0.2) is 13.1 Å². The van der Waals surface area contributed by atoms with Crippen molar-refractivity contribution in [1.29, 1.82) is 0 Å². The van der Waals surface area contributed by atoms with Crippen molar-refractivity contribution < 1.29 is 13.2 Å². The number of hydrogen-bond donors (Lipinski definition) is 2. The van der Waals surface area contributed by atoms with E-state index in [2.05, 4.69) is 10.0 Å². The summed E-state index contributed by atoms with van der Waals surface area (Å²) in [7, 11) is -3.80. The van der Waals surface area contributed by atoms with E-state index in [1.807, 2.05) is 32.0 Å². The molecule has 7 heteroatoms. The summed E-state index contributed by atoms with van der Waals surface area (Å²) in [6.45, 7) is 3.73. The van der Waals surface area contributed by atoms with Gasteiger partial charge in [0.1, 0.15) is 0 Å². The van der Waals surface area contributed by atoms with Crippen LogP contribution in [-0.2, 0) is 14.8 Å². The van der Waals surface area contributed by atoms with Gasteiger partial charge in [-0.1, -0.05) is 59.6 Å². The number of rotatable bonds is 7. The summed E-state index contributed by atoms with van der Waals surface area (Å²) in [5, 5.41) is 3.42. The fourth-order valence-corrected chi connectivity index (χ4v) is 4.49. The molecule has 30 heavy (non-hydrogen) atoms. The molecule has 3 aromatic rings. The first-order valence-electron chi connectivity index (χ1n) is 9.44. The van der Waals surface area contributed by atoms with E-state index in [-0.39, 0.29) is 17.2 Å². The van der Waals surface area contributed by atoms with Crippen LogP contribution in [0.25, 0.3) is 0 Å². The summed E-state index contributed by atoms with van der Waals surface area (Å²) in [6, 6.07) is 20.1. The van der Waals surface area contributed by atoms with Crippen LogP contribution in [0.1, 0.15) is 29.2 Å². The third-order valence-electron chi connectivity index (χ3n) is 4.68. The number of sulfonamides is 1. The average molecular weight is 443 g/mol. The maximum Gasteiger partial charge on any atom is 0.241 e. The third kappa shape index (κ3) is 5.69. The first-order valence-corrected chi connectivity index (χ1v) is 11.3. The van der Waals surface area contributed by atoms with E-state index >= 15 is 0 Å². The fourth-order valence-electron chi connectivity index (χ4n) is 3.04. The fraction of sp³-hybridized carbons (Fsp3) is 0.174. The van der Waals surface area contributed by atoms with Gasteiger partial charge in [0.2, 0.25) is 15.9 Å². The third-order valence-corrected chi connectivity index (χ3v) is 6.41. The number of halogens is 1. The minimum atomic E-state index is -3.80. The SMILES string of the molecule is Cc1ccc(S(=O)(=O)N[C@H](CC(=O)Nc2ccc(Cl)cc2C)c2ccccc2)cc1. The minimum absolute atomic E-state index is 0.0584. The molecule has 0 radical (unpaired) electrons. The monoisotopic (exact) mass is 442 g/mol. The number of benzene rings is 3. The Kier molecular flexibility index (Phi) is 6.92. The molecule has 0 aliphatic heterocycles. The standard InChI is InChI=1S/C23H23ClN2O3S/c1-16-8-11-20(12-9-16)30(28,29)26-22(18-6-4-3-5-7-18)15-23(27)25-21-13-10-19(24)14-17(21)2/h3-14,22,26H,15H2,1-2H3,(H,25,27)/t22-/m1/s1. The number of amides is 1. The molecular formula is C23H23ClN2O3S. The van der Waals surface area contributed by atoms with E-state index in [1.165, 1.54) is 0 Å². The number of nitrogens with one attached hydrogen (secondary N) is 2. The lowest BCUT2D eigenvalue weighted by Crippen LogP contribution is -2.31. The van der Waals surface area contributed by atoms with Gasteiger partial charge in [0, 0.05) is 17.1 Å². The van der Waals surface area contributed by atoms with Gasteiger partial charge in [-0.15, -0.1) is 0 Å². The lowest BCUT2D eigenvalue weighted by molar-refractivity contribution is -0.116.